The zero-order valence-corrected chi connectivity index (χ0v) is 9.88. The van der Waals surface area contributed by atoms with E-state index in [0.29, 0.717) is 5.92 Å². The molecule has 1 aliphatic rings. The predicted molar refractivity (Wildman–Crippen MR) is 66.7 cm³/mol. The van der Waals surface area contributed by atoms with Gasteiger partial charge in [0.1, 0.15) is 0 Å². The smallest absolute Gasteiger partial charge is 0.0607 e. The first-order valence-corrected chi connectivity index (χ1v) is 5.80. The molecule has 1 N–H and O–H groups in total. The fourth-order valence-electron chi connectivity index (χ4n) is 2.26. The zero-order chi connectivity index (χ0) is 10.8. The molecule has 0 saturated carbocycles. The van der Waals surface area contributed by atoms with Crippen LogP contribution in [0.1, 0.15) is 19.4 Å². The predicted octanol–water partition coefficient (Wildman–Crippen LogP) is 2.88. The number of nitrogens with zero attached hydrogens (tertiary/aromatic N) is 1. The largest absolute Gasteiger partial charge is 0.383 e. The van der Waals surface area contributed by atoms with E-state index in [2.05, 4.69) is 49.2 Å². The van der Waals surface area contributed by atoms with Gasteiger partial charge in [-0.25, -0.2) is 0 Å². The lowest BCUT2D eigenvalue weighted by atomic mass is 10.1. The van der Waals surface area contributed by atoms with Gasteiger partial charge in [-0.05, 0) is 31.4 Å². The summed E-state index contributed by atoms with van der Waals surface area (Å²) in [4.78, 5) is 2.47. The Morgan fingerprint density at radius 3 is 3.00 bits per heavy atom. The van der Waals surface area contributed by atoms with Crippen LogP contribution in [0.4, 0.5) is 11.4 Å². The van der Waals surface area contributed by atoms with Gasteiger partial charge in [0, 0.05) is 19.6 Å². The average molecular weight is 204 g/mol. The maximum atomic E-state index is 3.57. The second kappa shape index (κ2) is 4.13. The van der Waals surface area contributed by atoms with Crippen molar-refractivity contribution < 1.29 is 0 Å². The molecule has 1 atom stereocenters. The maximum absolute atomic E-state index is 3.57. The molecule has 2 rings (SSSR count). The van der Waals surface area contributed by atoms with Crippen LogP contribution >= 0.6 is 0 Å². The summed E-state index contributed by atoms with van der Waals surface area (Å²) in [5.41, 5.74) is 4.03. The molecule has 0 fully saturated rings. The van der Waals surface area contributed by atoms with Gasteiger partial charge in [-0.1, -0.05) is 19.1 Å². The standard InChI is InChI=1S/C13H20N2/c1-4-15-9-10(2)8-14-13-11(3)6-5-7-12(13)15/h5-7,10,14H,4,8-9H2,1-3H3. The molecule has 0 aromatic heterocycles. The van der Waals surface area contributed by atoms with E-state index in [1.807, 2.05) is 0 Å². The number of hydrogen-bond donors (Lipinski definition) is 1. The summed E-state index contributed by atoms with van der Waals surface area (Å²) in [5, 5.41) is 3.57. The minimum atomic E-state index is 0.705. The van der Waals surface area contributed by atoms with Crippen molar-refractivity contribution in [2.75, 3.05) is 29.9 Å². The van der Waals surface area contributed by atoms with Gasteiger partial charge in [0.15, 0.2) is 0 Å². The summed E-state index contributed by atoms with van der Waals surface area (Å²) in [6.45, 7) is 10.0. The highest BCUT2D eigenvalue weighted by molar-refractivity contribution is 5.74. The lowest BCUT2D eigenvalue weighted by molar-refractivity contribution is 0.602. The SMILES string of the molecule is CCN1CC(C)CNc2c(C)cccc21. The van der Waals surface area contributed by atoms with Gasteiger partial charge in [0.2, 0.25) is 0 Å². The monoisotopic (exact) mass is 204 g/mol. The summed E-state index contributed by atoms with van der Waals surface area (Å²) < 4.78 is 0. The van der Waals surface area contributed by atoms with Crippen LogP contribution in [-0.4, -0.2) is 19.6 Å². The van der Waals surface area contributed by atoms with E-state index in [-0.39, 0.29) is 0 Å². The number of aryl methyl sites for hydroxylation is 1. The molecule has 2 nitrogen and oxygen atoms in total. The van der Waals surface area contributed by atoms with Crippen molar-refractivity contribution in [2.24, 2.45) is 5.92 Å². The number of nitrogens with one attached hydrogen (secondary N) is 1. The summed E-state index contributed by atoms with van der Waals surface area (Å²) in [6.07, 6.45) is 0. The van der Waals surface area contributed by atoms with Crippen LogP contribution in [-0.2, 0) is 0 Å². The van der Waals surface area contributed by atoms with Crippen molar-refractivity contribution in [1.29, 1.82) is 0 Å². The number of hydrogen-bond acceptors (Lipinski definition) is 2. The number of para-hydroxylation sites is 1. The molecular formula is C13H20N2. The molecule has 1 aromatic rings. The quantitative estimate of drug-likeness (QED) is 0.756. The number of rotatable bonds is 1. The normalized spacial score (nSPS) is 20.5. The fourth-order valence-corrected chi connectivity index (χ4v) is 2.26. The third-order valence-corrected chi connectivity index (χ3v) is 3.13. The molecule has 0 bridgehead atoms. The van der Waals surface area contributed by atoms with E-state index in [1.165, 1.54) is 16.9 Å². The van der Waals surface area contributed by atoms with E-state index < -0.39 is 0 Å². The molecule has 1 aliphatic heterocycles. The van der Waals surface area contributed by atoms with Crippen LogP contribution in [0.2, 0.25) is 0 Å². The molecular weight excluding hydrogens is 184 g/mol. The highest BCUT2D eigenvalue weighted by Gasteiger charge is 2.18. The van der Waals surface area contributed by atoms with Crippen molar-refractivity contribution >= 4 is 11.4 Å². The van der Waals surface area contributed by atoms with E-state index in [9.17, 15) is 0 Å². The van der Waals surface area contributed by atoms with Crippen LogP contribution in [0.5, 0.6) is 0 Å². The molecule has 0 amide bonds. The first-order chi connectivity index (χ1) is 7.22. The van der Waals surface area contributed by atoms with Crippen molar-refractivity contribution in [1.82, 2.24) is 0 Å². The van der Waals surface area contributed by atoms with Gasteiger partial charge < -0.3 is 10.2 Å². The van der Waals surface area contributed by atoms with Gasteiger partial charge in [0.25, 0.3) is 0 Å². The van der Waals surface area contributed by atoms with Gasteiger partial charge in [0.05, 0.1) is 11.4 Å². The molecule has 1 heterocycles. The molecule has 1 aromatic carbocycles. The van der Waals surface area contributed by atoms with Crippen molar-refractivity contribution in [3.05, 3.63) is 23.8 Å². The molecule has 82 valence electrons. The highest BCUT2D eigenvalue weighted by atomic mass is 15.2. The summed E-state index contributed by atoms with van der Waals surface area (Å²) >= 11 is 0. The summed E-state index contributed by atoms with van der Waals surface area (Å²) in [6, 6.07) is 6.54. The first kappa shape index (κ1) is 10.3. The Kier molecular flexibility index (Phi) is 2.85. The van der Waals surface area contributed by atoms with Crippen LogP contribution in [0.15, 0.2) is 18.2 Å². The van der Waals surface area contributed by atoms with Gasteiger partial charge >= 0.3 is 0 Å². The summed E-state index contributed by atoms with van der Waals surface area (Å²) in [7, 11) is 0. The second-order valence-corrected chi connectivity index (χ2v) is 4.49. The van der Waals surface area contributed by atoms with Gasteiger partial charge in [-0.15, -0.1) is 0 Å². The molecule has 0 spiro atoms. The minimum Gasteiger partial charge on any atom is -0.383 e. The van der Waals surface area contributed by atoms with E-state index in [0.717, 1.165) is 19.6 Å². The molecule has 0 saturated heterocycles. The Balaban J connectivity index is 2.42. The topological polar surface area (TPSA) is 15.3 Å². The van der Waals surface area contributed by atoms with Crippen LogP contribution in [0.3, 0.4) is 0 Å². The maximum Gasteiger partial charge on any atom is 0.0607 e. The molecule has 2 heteroatoms. The number of benzene rings is 1. The van der Waals surface area contributed by atoms with Crippen LogP contribution in [0.25, 0.3) is 0 Å². The Morgan fingerprint density at radius 1 is 1.47 bits per heavy atom. The first-order valence-electron chi connectivity index (χ1n) is 5.80. The van der Waals surface area contributed by atoms with Gasteiger partial charge in [-0.2, -0.15) is 0 Å². The molecule has 1 unspecified atom stereocenters. The van der Waals surface area contributed by atoms with Crippen LogP contribution < -0.4 is 10.2 Å². The van der Waals surface area contributed by atoms with E-state index in [4.69, 9.17) is 0 Å². The lowest BCUT2D eigenvalue weighted by Gasteiger charge is -2.24. The number of anilines is 2. The Bertz CT molecular complexity index is 346. The average Bonchev–Trinajstić information content (AvgIpc) is 2.39. The molecule has 15 heavy (non-hydrogen) atoms. The van der Waals surface area contributed by atoms with Crippen LogP contribution in [0, 0.1) is 12.8 Å². The minimum absolute atomic E-state index is 0.705. The van der Waals surface area contributed by atoms with Crippen molar-refractivity contribution in [3.8, 4) is 0 Å². The summed E-state index contributed by atoms with van der Waals surface area (Å²) in [5.74, 6) is 0.705. The van der Waals surface area contributed by atoms with E-state index >= 15 is 0 Å². The highest BCUT2D eigenvalue weighted by Crippen LogP contribution is 2.31. The van der Waals surface area contributed by atoms with Crippen molar-refractivity contribution in [2.45, 2.75) is 20.8 Å². The third-order valence-electron chi connectivity index (χ3n) is 3.13. The second-order valence-electron chi connectivity index (χ2n) is 4.49. The molecule has 0 aliphatic carbocycles. The van der Waals surface area contributed by atoms with Crippen molar-refractivity contribution in [3.63, 3.8) is 0 Å². The Labute approximate surface area is 92.3 Å². The fraction of sp³-hybridized carbons (Fsp3) is 0.538. The van der Waals surface area contributed by atoms with E-state index in [1.54, 1.807) is 0 Å². The van der Waals surface area contributed by atoms with Gasteiger partial charge in [-0.3, -0.25) is 0 Å². The Hall–Kier alpha value is -1.18. The zero-order valence-electron chi connectivity index (χ0n) is 9.88. The molecule has 0 radical (unpaired) electrons. The third kappa shape index (κ3) is 1.94. The lowest BCUT2D eigenvalue weighted by Crippen LogP contribution is -2.28. The number of fused-ring (bicyclic) bond motifs is 1. The Morgan fingerprint density at radius 2 is 2.27 bits per heavy atom.